The van der Waals surface area contributed by atoms with Gasteiger partial charge in [0.05, 0.1) is 17.3 Å². The van der Waals surface area contributed by atoms with Gasteiger partial charge in [0.1, 0.15) is 5.75 Å². The van der Waals surface area contributed by atoms with Crippen LogP contribution in [0.5, 0.6) is 5.75 Å². The van der Waals surface area contributed by atoms with Crippen molar-refractivity contribution in [3.63, 3.8) is 0 Å². The number of sulfone groups is 1. The monoisotopic (exact) mass is 414 g/mol. The third-order valence-corrected chi connectivity index (χ3v) is 6.84. The minimum atomic E-state index is -3.77. The number of hydrogen-bond acceptors (Lipinski definition) is 4. The molecule has 0 aliphatic carbocycles. The molecule has 0 saturated heterocycles. The molecule has 6 heteroatoms. The van der Waals surface area contributed by atoms with Crippen LogP contribution in [0.25, 0.3) is 0 Å². The van der Waals surface area contributed by atoms with Gasteiger partial charge in [-0.25, -0.2) is 8.42 Å². The second-order valence-electron chi connectivity index (χ2n) is 6.25. The smallest absolute Gasteiger partial charge is 0.185 e. The predicted molar refractivity (Wildman–Crippen MR) is 110 cm³/mol. The third kappa shape index (κ3) is 4.43. The normalized spacial score (nSPS) is 12.4. The highest BCUT2D eigenvalue weighted by Crippen LogP contribution is 2.33. The van der Waals surface area contributed by atoms with E-state index in [0.29, 0.717) is 21.9 Å². The molecule has 1 atom stereocenters. The molecule has 0 aliphatic heterocycles. The maximum Gasteiger partial charge on any atom is 0.185 e. The third-order valence-electron chi connectivity index (χ3n) is 4.47. The van der Waals surface area contributed by atoms with Gasteiger partial charge in [-0.1, -0.05) is 41.9 Å². The number of carbonyl (C=O) groups excluding carboxylic acids is 1. The lowest BCUT2D eigenvalue weighted by atomic mass is 10.0. The highest BCUT2D eigenvalue weighted by Gasteiger charge is 2.31. The van der Waals surface area contributed by atoms with Gasteiger partial charge in [-0.05, 0) is 54.1 Å². The lowest BCUT2D eigenvalue weighted by molar-refractivity contribution is 0.0980. The SMILES string of the molecule is COc1ccc(C(=O)C[C@@H](c2ccc(Cl)cc2)S(=O)(=O)c2ccccc2)cc1. The Balaban J connectivity index is 1.98. The number of Topliss-reactive ketones (excluding diaryl/α,β-unsaturated/α-hetero) is 1. The predicted octanol–water partition coefficient (Wildman–Crippen LogP) is 5.14. The molecule has 0 aliphatic rings. The van der Waals surface area contributed by atoms with Crippen LogP contribution in [0.1, 0.15) is 27.6 Å². The van der Waals surface area contributed by atoms with Crippen molar-refractivity contribution in [1.82, 2.24) is 0 Å². The number of ether oxygens (including phenoxy) is 1. The van der Waals surface area contributed by atoms with E-state index >= 15 is 0 Å². The van der Waals surface area contributed by atoms with Crippen LogP contribution < -0.4 is 4.74 Å². The maximum absolute atomic E-state index is 13.3. The average molecular weight is 415 g/mol. The molecule has 0 aromatic heterocycles. The van der Waals surface area contributed by atoms with E-state index in [-0.39, 0.29) is 17.1 Å². The van der Waals surface area contributed by atoms with Crippen molar-refractivity contribution in [3.8, 4) is 5.75 Å². The summed E-state index contributed by atoms with van der Waals surface area (Å²) in [5, 5.41) is -0.511. The molecule has 0 saturated carbocycles. The molecule has 3 aromatic rings. The highest BCUT2D eigenvalue weighted by atomic mass is 35.5. The van der Waals surface area contributed by atoms with Gasteiger partial charge in [0.15, 0.2) is 15.6 Å². The van der Waals surface area contributed by atoms with E-state index in [1.807, 2.05) is 0 Å². The molecule has 0 N–H and O–H groups in total. The van der Waals surface area contributed by atoms with Crippen molar-refractivity contribution in [3.05, 3.63) is 95.0 Å². The van der Waals surface area contributed by atoms with Crippen molar-refractivity contribution < 1.29 is 17.9 Å². The molecule has 0 fully saturated rings. The van der Waals surface area contributed by atoms with Crippen LogP contribution in [0, 0.1) is 0 Å². The van der Waals surface area contributed by atoms with Gasteiger partial charge in [-0.2, -0.15) is 0 Å². The van der Waals surface area contributed by atoms with Crippen LogP contribution in [-0.2, 0) is 9.84 Å². The number of hydrogen-bond donors (Lipinski definition) is 0. The minimum Gasteiger partial charge on any atom is -0.497 e. The Morgan fingerprint density at radius 1 is 0.929 bits per heavy atom. The number of rotatable bonds is 7. The first-order valence-corrected chi connectivity index (χ1v) is 10.6. The van der Waals surface area contributed by atoms with E-state index in [1.165, 1.54) is 12.1 Å². The van der Waals surface area contributed by atoms with E-state index < -0.39 is 15.1 Å². The first kappa shape index (κ1) is 20.1. The maximum atomic E-state index is 13.3. The highest BCUT2D eigenvalue weighted by molar-refractivity contribution is 7.91. The summed E-state index contributed by atoms with van der Waals surface area (Å²) in [4.78, 5) is 13.0. The van der Waals surface area contributed by atoms with Crippen LogP contribution in [0.3, 0.4) is 0 Å². The lowest BCUT2D eigenvalue weighted by Crippen LogP contribution is -2.18. The second-order valence-corrected chi connectivity index (χ2v) is 8.82. The fourth-order valence-electron chi connectivity index (χ4n) is 2.92. The molecule has 3 rings (SSSR count). The van der Waals surface area contributed by atoms with Gasteiger partial charge in [-0.15, -0.1) is 0 Å². The van der Waals surface area contributed by atoms with Gasteiger partial charge in [0, 0.05) is 17.0 Å². The van der Waals surface area contributed by atoms with Crippen LogP contribution >= 0.6 is 11.6 Å². The van der Waals surface area contributed by atoms with Crippen molar-refractivity contribution in [2.24, 2.45) is 0 Å². The zero-order valence-electron chi connectivity index (χ0n) is 15.2. The summed E-state index contributed by atoms with van der Waals surface area (Å²) < 4.78 is 31.7. The summed E-state index contributed by atoms with van der Waals surface area (Å²) in [6.07, 6.45) is -0.175. The fourth-order valence-corrected chi connectivity index (χ4v) is 4.80. The average Bonchev–Trinajstić information content (AvgIpc) is 2.73. The van der Waals surface area contributed by atoms with Crippen molar-refractivity contribution >= 4 is 27.2 Å². The van der Waals surface area contributed by atoms with Crippen LogP contribution in [-0.4, -0.2) is 21.3 Å². The largest absolute Gasteiger partial charge is 0.497 e. The van der Waals surface area contributed by atoms with Crippen LogP contribution in [0.2, 0.25) is 5.02 Å². The molecule has 0 bridgehead atoms. The van der Waals surface area contributed by atoms with Gasteiger partial charge in [0.2, 0.25) is 0 Å². The molecule has 0 radical (unpaired) electrons. The molecular formula is C22H19ClO4S. The number of halogens is 1. The molecule has 0 unspecified atom stereocenters. The summed E-state index contributed by atoms with van der Waals surface area (Å²) in [5.41, 5.74) is 0.957. The zero-order valence-corrected chi connectivity index (χ0v) is 16.8. The Morgan fingerprint density at radius 3 is 2.11 bits per heavy atom. The number of carbonyl (C=O) groups is 1. The van der Waals surface area contributed by atoms with Gasteiger partial charge in [0.25, 0.3) is 0 Å². The molecule has 3 aromatic carbocycles. The Morgan fingerprint density at radius 2 is 1.54 bits per heavy atom. The van der Waals surface area contributed by atoms with E-state index in [1.54, 1.807) is 73.8 Å². The number of methoxy groups -OCH3 is 1. The minimum absolute atomic E-state index is 0.175. The van der Waals surface area contributed by atoms with Gasteiger partial charge in [-0.3, -0.25) is 4.79 Å². The fraction of sp³-hybridized carbons (Fsp3) is 0.136. The molecule has 0 amide bonds. The Hall–Kier alpha value is -2.63. The molecular weight excluding hydrogens is 396 g/mol. The van der Waals surface area contributed by atoms with E-state index in [0.717, 1.165) is 0 Å². The van der Waals surface area contributed by atoms with E-state index in [2.05, 4.69) is 0 Å². The lowest BCUT2D eigenvalue weighted by Gasteiger charge is -2.18. The molecule has 144 valence electrons. The quantitative estimate of drug-likeness (QED) is 0.502. The van der Waals surface area contributed by atoms with Crippen molar-refractivity contribution in [2.45, 2.75) is 16.6 Å². The second kappa shape index (κ2) is 8.59. The Bertz CT molecular complexity index is 1040. The van der Waals surface area contributed by atoms with E-state index in [4.69, 9.17) is 16.3 Å². The van der Waals surface area contributed by atoms with E-state index in [9.17, 15) is 13.2 Å². The topological polar surface area (TPSA) is 60.4 Å². The summed E-state index contributed by atoms with van der Waals surface area (Å²) in [7, 11) is -2.23. The molecule has 4 nitrogen and oxygen atoms in total. The number of benzene rings is 3. The summed E-state index contributed by atoms with van der Waals surface area (Å²) >= 11 is 5.95. The summed E-state index contributed by atoms with van der Waals surface area (Å²) in [6.45, 7) is 0. The van der Waals surface area contributed by atoms with Crippen LogP contribution in [0.15, 0.2) is 83.8 Å². The molecule has 28 heavy (non-hydrogen) atoms. The van der Waals surface area contributed by atoms with Crippen molar-refractivity contribution in [2.75, 3.05) is 7.11 Å². The van der Waals surface area contributed by atoms with Crippen molar-refractivity contribution in [1.29, 1.82) is 0 Å². The number of ketones is 1. The van der Waals surface area contributed by atoms with Gasteiger partial charge < -0.3 is 4.74 Å². The summed E-state index contributed by atoms with van der Waals surface area (Å²) in [5.74, 6) is 0.366. The Kier molecular flexibility index (Phi) is 6.17. The van der Waals surface area contributed by atoms with Gasteiger partial charge >= 0.3 is 0 Å². The molecule has 0 spiro atoms. The Labute approximate surface area is 169 Å². The zero-order chi connectivity index (χ0) is 20.1. The standard InChI is InChI=1S/C22H19ClO4S/c1-27-19-13-9-16(10-14-19)21(24)15-22(17-7-11-18(23)12-8-17)28(25,26)20-5-3-2-4-6-20/h2-14,22H,15H2,1H3/t22-/m0/s1. The summed E-state index contributed by atoms with van der Waals surface area (Å²) in [6, 6.07) is 21.3. The first-order chi connectivity index (χ1) is 13.4. The van der Waals surface area contributed by atoms with Crippen LogP contribution in [0.4, 0.5) is 0 Å². The molecule has 0 heterocycles. The first-order valence-electron chi connectivity index (χ1n) is 8.63.